The van der Waals surface area contributed by atoms with Crippen molar-refractivity contribution in [1.82, 2.24) is 5.32 Å². The van der Waals surface area contributed by atoms with E-state index in [9.17, 15) is 4.79 Å². The van der Waals surface area contributed by atoms with Crippen molar-refractivity contribution in [2.24, 2.45) is 0 Å². The second-order valence-electron chi connectivity index (χ2n) is 2.36. The number of hydrogen-bond donors (Lipinski definition) is 1. The Morgan fingerprint density at radius 3 is 2.00 bits per heavy atom. The smallest absolute Gasteiger partial charge is 0.293 e. The van der Waals surface area contributed by atoms with Gasteiger partial charge in [-0.05, 0) is 26.9 Å². The van der Waals surface area contributed by atoms with Crippen molar-refractivity contribution >= 4 is 6.47 Å². The molecule has 3 heteroatoms. The molecular weight excluding hydrogens is 178 g/mol. The van der Waals surface area contributed by atoms with Gasteiger partial charge in [-0.15, -0.1) is 0 Å². The van der Waals surface area contributed by atoms with Crippen LogP contribution < -0.4 is 5.32 Å². The van der Waals surface area contributed by atoms with Gasteiger partial charge in [0.15, 0.2) is 0 Å². The highest BCUT2D eigenvalue weighted by molar-refractivity contribution is 5.36. The summed E-state index contributed by atoms with van der Waals surface area (Å²) in [5, 5.41) is 3.10. The predicted molar refractivity (Wildman–Crippen MR) is 62.5 cm³/mol. The molecule has 0 aromatic carbocycles. The third kappa shape index (κ3) is 42.2. The van der Waals surface area contributed by atoms with Crippen molar-refractivity contribution < 1.29 is 9.53 Å². The highest BCUT2D eigenvalue weighted by Crippen LogP contribution is 1.89. The molecule has 0 atom stereocenters. The molecule has 3 nitrogen and oxygen atoms in total. The summed E-state index contributed by atoms with van der Waals surface area (Å²) in [6.45, 7) is 10.1. The van der Waals surface area contributed by atoms with Crippen molar-refractivity contribution in [2.75, 3.05) is 20.2 Å². The van der Waals surface area contributed by atoms with Gasteiger partial charge in [-0.25, -0.2) is 0 Å². The molecule has 0 saturated heterocycles. The first-order chi connectivity index (χ1) is 6.83. The van der Waals surface area contributed by atoms with Crippen LogP contribution in [0, 0.1) is 0 Å². The second kappa shape index (κ2) is 29.4. The summed E-state index contributed by atoms with van der Waals surface area (Å²) in [5.41, 5.74) is 0. The van der Waals surface area contributed by atoms with E-state index in [1.807, 2.05) is 20.9 Å². The van der Waals surface area contributed by atoms with Crippen LogP contribution in [0.5, 0.6) is 0 Å². The fraction of sp³-hybridized carbons (Fsp3) is 0.909. The Balaban J connectivity index is -0.000000152. The van der Waals surface area contributed by atoms with E-state index in [4.69, 9.17) is 0 Å². The first-order valence-electron chi connectivity index (χ1n) is 5.53. The van der Waals surface area contributed by atoms with Crippen LogP contribution in [0.25, 0.3) is 0 Å². The molecule has 0 amide bonds. The molecule has 0 aromatic heterocycles. The summed E-state index contributed by atoms with van der Waals surface area (Å²) in [6, 6.07) is 0. The fourth-order valence-electron chi connectivity index (χ4n) is 0.620. The minimum atomic E-state index is 0.431. The van der Waals surface area contributed by atoms with Gasteiger partial charge in [-0.1, -0.05) is 33.6 Å². The summed E-state index contributed by atoms with van der Waals surface area (Å²) >= 11 is 0. The van der Waals surface area contributed by atoms with E-state index in [0.29, 0.717) is 13.1 Å². The van der Waals surface area contributed by atoms with Crippen LogP contribution in [0.1, 0.15) is 47.0 Å². The van der Waals surface area contributed by atoms with Gasteiger partial charge in [0.05, 0.1) is 6.61 Å². The Hall–Kier alpha value is -0.570. The first kappa shape index (κ1) is 19.1. The van der Waals surface area contributed by atoms with Gasteiger partial charge >= 0.3 is 0 Å². The minimum Gasteiger partial charge on any atom is -0.468 e. The van der Waals surface area contributed by atoms with Crippen LogP contribution >= 0.6 is 0 Å². The van der Waals surface area contributed by atoms with Crippen LogP contribution in [0.4, 0.5) is 0 Å². The quantitative estimate of drug-likeness (QED) is 0.535. The summed E-state index contributed by atoms with van der Waals surface area (Å²) in [6.07, 6.45) is 4.01. The average molecular weight is 205 g/mol. The Bertz CT molecular complexity index is 73.7. The SMILES string of the molecule is CC.CCCCCNC.CCOC=O. The maximum Gasteiger partial charge on any atom is 0.293 e. The lowest BCUT2D eigenvalue weighted by atomic mass is 10.2. The molecule has 0 saturated carbocycles. The molecule has 0 spiro atoms. The Morgan fingerprint density at radius 2 is 1.79 bits per heavy atom. The third-order valence-corrected chi connectivity index (χ3v) is 1.27. The fourth-order valence-corrected chi connectivity index (χ4v) is 0.620. The molecule has 0 bridgehead atoms. The summed E-state index contributed by atoms with van der Waals surface area (Å²) < 4.78 is 4.15. The van der Waals surface area contributed by atoms with Crippen molar-refractivity contribution in [3.05, 3.63) is 0 Å². The van der Waals surface area contributed by atoms with E-state index >= 15 is 0 Å². The van der Waals surface area contributed by atoms with Gasteiger partial charge in [0.25, 0.3) is 6.47 Å². The molecule has 88 valence electrons. The third-order valence-electron chi connectivity index (χ3n) is 1.27. The van der Waals surface area contributed by atoms with Gasteiger partial charge < -0.3 is 10.1 Å². The zero-order valence-corrected chi connectivity index (χ0v) is 10.4. The van der Waals surface area contributed by atoms with Crippen LogP contribution in [-0.4, -0.2) is 26.7 Å². The molecule has 0 aliphatic heterocycles. The maximum absolute atomic E-state index is 9.18. The molecule has 0 fully saturated rings. The first-order valence-corrected chi connectivity index (χ1v) is 5.53. The molecular formula is C11H27NO2. The van der Waals surface area contributed by atoms with Crippen molar-refractivity contribution in [1.29, 1.82) is 0 Å². The molecule has 0 unspecified atom stereocenters. The second-order valence-corrected chi connectivity index (χ2v) is 2.36. The highest BCUT2D eigenvalue weighted by atomic mass is 16.5. The van der Waals surface area contributed by atoms with Crippen LogP contribution in [0.15, 0.2) is 0 Å². The number of rotatable bonds is 6. The number of ether oxygens (including phenoxy) is 1. The summed E-state index contributed by atoms with van der Waals surface area (Å²) in [7, 11) is 2.00. The lowest BCUT2D eigenvalue weighted by Gasteiger charge is -1.93. The van der Waals surface area contributed by atoms with E-state index in [1.54, 1.807) is 6.92 Å². The lowest BCUT2D eigenvalue weighted by molar-refractivity contribution is -0.128. The number of carbonyl (C=O) groups is 1. The standard InChI is InChI=1S/C6H15N.C3H6O2.C2H6/c1-3-4-5-6-7-2;1-2-5-3-4;1-2/h7H,3-6H2,1-2H3;3H,2H2,1H3;1-2H3. The van der Waals surface area contributed by atoms with E-state index in [-0.39, 0.29) is 0 Å². The zero-order chi connectivity index (χ0) is 11.7. The number of unbranched alkanes of at least 4 members (excludes halogenated alkanes) is 2. The van der Waals surface area contributed by atoms with Gasteiger partial charge in [0.2, 0.25) is 0 Å². The Morgan fingerprint density at radius 1 is 1.21 bits per heavy atom. The largest absolute Gasteiger partial charge is 0.468 e. The summed E-state index contributed by atoms with van der Waals surface area (Å²) in [4.78, 5) is 9.18. The van der Waals surface area contributed by atoms with Gasteiger partial charge in [-0.2, -0.15) is 0 Å². The van der Waals surface area contributed by atoms with E-state index in [1.165, 1.54) is 25.8 Å². The topological polar surface area (TPSA) is 38.3 Å². The van der Waals surface area contributed by atoms with Crippen LogP contribution in [0.2, 0.25) is 0 Å². The molecule has 0 aliphatic rings. The normalized spacial score (nSPS) is 7.50. The molecule has 0 heterocycles. The molecule has 1 N–H and O–H groups in total. The van der Waals surface area contributed by atoms with Crippen LogP contribution in [-0.2, 0) is 9.53 Å². The molecule has 0 rings (SSSR count). The van der Waals surface area contributed by atoms with E-state index in [2.05, 4.69) is 17.0 Å². The van der Waals surface area contributed by atoms with Crippen molar-refractivity contribution in [3.63, 3.8) is 0 Å². The van der Waals surface area contributed by atoms with Gasteiger partial charge in [0.1, 0.15) is 0 Å². The molecule has 0 aromatic rings. The van der Waals surface area contributed by atoms with E-state index < -0.39 is 0 Å². The predicted octanol–water partition coefficient (Wildman–Crippen LogP) is 2.60. The monoisotopic (exact) mass is 205 g/mol. The average Bonchev–Trinajstić information content (AvgIpc) is 2.24. The Labute approximate surface area is 89.2 Å². The molecule has 14 heavy (non-hydrogen) atoms. The summed E-state index contributed by atoms with van der Waals surface area (Å²) in [5.74, 6) is 0. The lowest BCUT2D eigenvalue weighted by Crippen LogP contribution is -2.06. The number of nitrogens with one attached hydrogen (secondary N) is 1. The molecule has 0 aliphatic carbocycles. The number of carbonyl (C=O) groups excluding carboxylic acids is 1. The maximum atomic E-state index is 9.18. The van der Waals surface area contributed by atoms with Crippen molar-refractivity contribution in [2.45, 2.75) is 47.0 Å². The zero-order valence-electron chi connectivity index (χ0n) is 10.4. The Kier molecular flexibility index (Phi) is 40.1. The number of hydrogen-bond acceptors (Lipinski definition) is 3. The highest BCUT2D eigenvalue weighted by Gasteiger charge is 1.78. The molecule has 0 radical (unpaired) electrons. The minimum absolute atomic E-state index is 0.431. The van der Waals surface area contributed by atoms with Crippen LogP contribution in [0.3, 0.4) is 0 Å². The van der Waals surface area contributed by atoms with Crippen molar-refractivity contribution in [3.8, 4) is 0 Å². The van der Waals surface area contributed by atoms with Gasteiger partial charge in [0, 0.05) is 0 Å². The van der Waals surface area contributed by atoms with E-state index in [0.717, 1.165) is 0 Å². The van der Waals surface area contributed by atoms with Gasteiger partial charge in [-0.3, -0.25) is 4.79 Å².